The zero-order valence-electron chi connectivity index (χ0n) is 10.7. The van der Waals surface area contributed by atoms with Crippen LogP contribution >= 0.6 is 0 Å². The van der Waals surface area contributed by atoms with Crippen LogP contribution in [-0.4, -0.2) is 35.4 Å². The first-order chi connectivity index (χ1) is 7.97. The van der Waals surface area contributed by atoms with E-state index in [1.807, 2.05) is 13.8 Å². The molecule has 6 nitrogen and oxygen atoms in total. The Bertz CT molecular complexity index is 367. The van der Waals surface area contributed by atoms with Crippen molar-refractivity contribution in [3.05, 3.63) is 11.9 Å². The van der Waals surface area contributed by atoms with Gasteiger partial charge in [0.15, 0.2) is 0 Å². The van der Waals surface area contributed by atoms with Gasteiger partial charge in [-0.1, -0.05) is 13.8 Å². The van der Waals surface area contributed by atoms with Gasteiger partial charge in [0.05, 0.1) is 24.5 Å². The standard InChI is InChI=1S/C11H20N4O2/c1-7(2)9(6-17-4)14-11(16)10-8(12)5-13-15(10)3/h5,7,9H,6,12H2,1-4H3,(H,14,16). The summed E-state index contributed by atoms with van der Waals surface area (Å²) in [4.78, 5) is 12.0. The van der Waals surface area contributed by atoms with Gasteiger partial charge in [-0.15, -0.1) is 0 Å². The van der Waals surface area contributed by atoms with Crippen LogP contribution < -0.4 is 11.1 Å². The van der Waals surface area contributed by atoms with Crippen molar-refractivity contribution in [1.82, 2.24) is 15.1 Å². The van der Waals surface area contributed by atoms with Crippen molar-refractivity contribution < 1.29 is 9.53 Å². The number of hydrogen-bond donors (Lipinski definition) is 2. The molecule has 0 aliphatic heterocycles. The van der Waals surface area contributed by atoms with Crippen LogP contribution in [0.25, 0.3) is 0 Å². The molecule has 1 unspecified atom stereocenters. The largest absolute Gasteiger partial charge is 0.396 e. The highest BCUT2D eigenvalue weighted by Crippen LogP contribution is 2.10. The second-order valence-corrected chi connectivity index (χ2v) is 4.35. The molecular weight excluding hydrogens is 220 g/mol. The molecule has 0 bridgehead atoms. The Balaban J connectivity index is 2.77. The summed E-state index contributed by atoms with van der Waals surface area (Å²) >= 11 is 0. The summed E-state index contributed by atoms with van der Waals surface area (Å²) < 4.78 is 6.54. The van der Waals surface area contributed by atoms with E-state index in [4.69, 9.17) is 10.5 Å². The Hall–Kier alpha value is -1.56. The Morgan fingerprint density at radius 1 is 1.65 bits per heavy atom. The third kappa shape index (κ3) is 3.20. The molecule has 1 amide bonds. The molecule has 0 saturated heterocycles. The first kappa shape index (κ1) is 13.5. The van der Waals surface area contributed by atoms with Crippen LogP contribution in [0.15, 0.2) is 6.20 Å². The number of anilines is 1. The number of ether oxygens (including phenoxy) is 1. The fourth-order valence-electron chi connectivity index (χ4n) is 1.55. The lowest BCUT2D eigenvalue weighted by Gasteiger charge is -2.21. The number of nitrogens with zero attached hydrogens (tertiary/aromatic N) is 2. The van der Waals surface area contributed by atoms with Crippen LogP contribution in [0.2, 0.25) is 0 Å². The number of nitrogens with two attached hydrogens (primary N) is 1. The van der Waals surface area contributed by atoms with Crippen LogP contribution in [0.5, 0.6) is 0 Å². The molecule has 96 valence electrons. The monoisotopic (exact) mass is 240 g/mol. The van der Waals surface area contributed by atoms with Crippen molar-refractivity contribution >= 4 is 11.6 Å². The van der Waals surface area contributed by atoms with Crippen molar-refractivity contribution in [2.75, 3.05) is 19.5 Å². The molecule has 1 atom stereocenters. The third-order valence-corrected chi connectivity index (χ3v) is 2.65. The van der Waals surface area contributed by atoms with Crippen LogP contribution in [0.1, 0.15) is 24.3 Å². The lowest BCUT2D eigenvalue weighted by molar-refractivity contribution is 0.0858. The molecule has 1 aromatic heterocycles. The number of nitrogen functional groups attached to an aromatic ring is 1. The average Bonchev–Trinajstić information content (AvgIpc) is 2.57. The van der Waals surface area contributed by atoms with Gasteiger partial charge in [-0.25, -0.2) is 0 Å². The number of methoxy groups -OCH3 is 1. The number of rotatable bonds is 5. The SMILES string of the molecule is COCC(NC(=O)c1c(N)cnn1C)C(C)C. The summed E-state index contributed by atoms with van der Waals surface area (Å²) in [7, 11) is 3.30. The van der Waals surface area contributed by atoms with Crippen LogP contribution in [0, 0.1) is 5.92 Å². The molecule has 0 saturated carbocycles. The highest BCUT2D eigenvalue weighted by atomic mass is 16.5. The molecule has 1 aromatic rings. The molecule has 1 rings (SSSR count). The van der Waals surface area contributed by atoms with Gasteiger partial charge >= 0.3 is 0 Å². The fourth-order valence-corrected chi connectivity index (χ4v) is 1.55. The Kier molecular flexibility index (Phi) is 4.51. The van der Waals surface area contributed by atoms with Gasteiger partial charge in [0.25, 0.3) is 5.91 Å². The minimum Gasteiger partial charge on any atom is -0.396 e. The third-order valence-electron chi connectivity index (χ3n) is 2.65. The van der Waals surface area contributed by atoms with E-state index in [2.05, 4.69) is 10.4 Å². The van der Waals surface area contributed by atoms with E-state index in [9.17, 15) is 4.79 Å². The number of carbonyl (C=O) groups excluding carboxylic acids is 1. The van der Waals surface area contributed by atoms with Crippen molar-refractivity contribution in [2.24, 2.45) is 13.0 Å². The second kappa shape index (κ2) is 5.67. The molecule has 0 fully saturated rings. The van der Waals surface area contributed by atoms with E-state index < -0.39 is 0 Å². The fraction of sp³-hybridized carbons (Fsp3) is 0.636. The van der Waals surface area contributed by atoms with Gasteiger partial charge in [-0.2, -0.15) is 5.10 Å². The highest BCUT2D eigenvalue weighted by Gasteiger charge is 2.20. The first-order valence-corrected chi connectivity index (χ1v) is 5.54. The Morgan fingerprint density at radius 3 is 2.71 bits per heavy atom. The number of aromatic nitrogens is 2. The molecule has 1 heterocycles. The maximum atomic E-state index is 12.0. The molecule has 0 aromatic carbocycles. The number of carbonyl (C=O) groups is 1. The number of amides is 1. The van der Waals surface area contributed by atoms with Crippen molar-refractivity contribution in [2.45, 2.75) is 19.9 Å². The summed E-state index contributed by atoms with van der Waals surface area (Å²) in [5.74, 6) is 0.0617. The zero-order valence-corrected chi connectivity index (χ0v) is 10.7. The topological polar surface area (TPSA) is 82.2 Å². The molecule has 3 N–H and O–H groups in total. The molecule has 17 heavy (non-hydrogen) atoms. The predicted molar refractivity (Wildman–Crippen MR) is 65.6 cm³/mol. The predicted octanol–water partition coefficient (Wildman–Crippen LogP) is 0.403. The summed E-state index contributed by atoms with van der Waals surface area (Å²) in [5.41, 5.74) is 6.45. The first-order valence-electron chi connectivity index (χ1n) is 5.54. The quantitative estimate of drug-likeness (QED) is 0.780. The van der Waals surface area contributed by atoms with Gasteiger partial charge in [0.2, 0.25) is 0 Å². The van der Waals surface area contributed by atoms with E-state index in [1.54, 1.807) is 14.2 Å². The molecule has 0 radical (unpaired) electrons. The van der Waals surface area contributed by atoms with Crippen molar-refractivity contribution in [3.8, 4) is 0 Å². The Labute approximate surface area is 101 Å². The normalized spacial score (nSPS) is 12.8. The van der Waals surface area contributed by atoms with E-state index in [0.717, 1.165) is 0 Å². The zero-order chi connectivity index (χ0) is 13.0. The molecule has 0 aliphatic rings. The highest BCUT2D eigenvalue weighted by molar-refractivity contribution is 5.97. The number of aryl methyl sites for hydroxylation is 1. The summed E-state index contributed by atoms with van der Waals surface area (Å²) in [5, 5.41) is 6.83. The lowest BCUT2D eigenvalue weighted by atomic mass is 10.1. The van der Waals surface area contributed by atoms with Gasteiger partial charge in [0.1, 0.15) is 5.69 Å². The van der Waals surface area contributed by atoms with Crippen LogP contribution in [-0.2, 0) is 11.8 Å². The lowest BCUT2D eigenvalue weighted by Crippen LogP contribution is -2.42. The smallest absolute Gasteiger partial charge is 0.271 e. The maximum absolute atomic E-state index is 12.0. The van der Waals surface area contributed by atoms with Crippen LogP contribution in [0.3, 0.4) is 0 Å². The minimum absolute atomic E-state index is 0.0400. The van der Waals surface area contributed by atoms with Gasteiger partial charge < -0.3 is 15.8 Å². The van der Waals surface area contributed by atoms with Gasteiger partial charge in [-0.05, 0) is 5.92 Å². The number of nitrogens with one attached hydrogen (secondary N) is 1. The average molecular weight is 240 g/mol. The molecule has 0 aliphatic carbocycles. The van der Waals surface area contributed by atoms with E-state index in [0.29, 0.717) is 18.0 Å². The van der Waals surface area contributed by atoms with Crippen molar-refractivity contribution in [3.63, 3.8) is 0 Å². The minimum atomic E-state index is -0.224. The van der Waals surface area contributed by atoms with E-state index in [-0.39, 0.29) is 17.9 Å². The van der Waals surface area contributed by atoms with Crippen LogP contribution in [0.4, 0.5) is 5.69 Å². The molecule has 0 spiro atoms. The summed E-state index contributed by atoms with van der Waals surface area (Å²) in [6.45, 7) is 4.52. The number of hydrogen-bond acceptors (Lipinski definition) is 4. The van der Waals surface area contributed by atoms with E-state index in [1.165, 1.54) is 10.9 Å². The second-order valence-electron chi connectivity index (χ2n) is 4.35. The summed E-state index contributed by atoms with van der Waals surface area (Å²) in [6, 6.07) is -0.0400. The molecular formula is C11H20N4O2. The van der Waals surface area contributed by atoms with Gasteiger partial charge in [-0.3, -0.25) is 9.48 Å². The maximum Gasteiger partial charge on any atom is 0.271 e. The van der Waals surface area contributed by atoms with Gasteiger partial charge in [0, 0.05) is 14.2 Å². The van der Waals surface area contributed by atoms with E-state index >= 15 is 0 Å². The van der Waals surface area contributed by atoms with Crippen molar-refractivity contribution in [1.29, 1.82) is 0 Å². The summed E-state index contributed by atoms with van der Waals surface area (Å²) in [6.07, 6.45) is 1.47. The Morgan fingerprint density at radius 2 is 2.29 bits per heavy atom. The molecule has 6 heteroatoms.